The molecule has 1 aromatic heterocycles. The summed E-state index contributed by atoms with van der Waals surface area (Å²) in [5, 5.41) is 3.44. The van der Waals surface area contributed by atoms with Crippen LogP contribution < -0.4 is 5.32 Å². The largest absolute Gasteiger partial charge is 0.465 e. The predicted molar refractivity (Wildman–Crippen MR) is 75.2 cm³/mol. The van der Waals surface area contributed by atoms with Crippen molar-refractivity contribution in [2.45, 2.75) is 39.2 Å². The highest BCUT2D eigenvalue weighted by atomic mass is 16.5. The van der Waals surface area contributed by atoms with E-state index in [-0.39, 0.29) is 5.97 Å². The van der Waals surface area contributed by atoms with E-state index < -0.39 is 0 Å². The summed E-state index contributed by atoms with van der Waals surface area (Å²) >= 11 is 0. The first-order valence-corrected chi connectivity index (χ1v) is 6.89. The molecule has 1 saturated carbocycles. The molecule has 1 fully saturated rings. The molecule has 2 rings (SSSR count). The highest BCUT2D eigenvalue weighted by Crippen LogP contribution is 2.30. The number of ether oxygens (including phenoxy) is 1. The van der Waals surface area contributed by atoms with E-state index in [1.807, 2.05) is 0 Å². The minimum absolute atomic E-state index is 0.323. The van der Waals surface area contributed by atoms with Gasteiger partial charge in [-0.25, -0.2) is 9.78 Å². The third kappa shape index (κ3) is 3.69. The van der Waals surface area contributed by atoms with Crippen LogP contribution in [-0.2, 0) is 4.74 Å². The Morgan fingerprint density at radius 3 is 2.63 bits per heavy atom. The van der Waals surface area contributed by atoms with Crippen LogP contribution in [-0.4, -0.2) is 24.1 Å². The summed E-state index contributed by atoms with van der Waals surface area (Å²) in [5.74, 6) is 1.92. The fourth-order valence-electron chi connectivity index (χ4n) is 3.03. The van der Waals surface area contributed by atoms with Crippen molar-refractivity contribution in [1.29, 1.82) is 0 Å². The van der Waals surface area contributed by atoms with Gasteiger partial charge in [-0.2, -0.15) is 0 Å². The van der Waals surface area contributed by atoms with Crippen LogP contribution in [0.2, 0.25) is 0 Å². The molecule has 104 valence electrons. The number of hydrogen-bond acceptors (Lipinski definition) is 4. The Kier molecular flexibility index (Phi) is 4.40. The number of methoxy groups -OCH3 is 1. The fourth-order valence-corrected chi connectivity index (χ4v) is 3.03. The Labute approximate surface area is 114 Å². The standard InChI is InChI=1S/C15H22N2O2/c1-10-6-11(2)8-13(7-10)17-14-9-12(4-5-16-14)15(18)19-3/h4-5,9-11,13H,6-8H2,1-3H3,(H,16,17). The van der Waals surface area contributed by atoms with Gasteiger partial charge in [-0.1, -0.05) is 13.8 Å². The monoisotopic (exact) mass is 262 g/mol. The maximum absolute atomic E-state index is 11.5. The van der Waals surface area contributed by atoms with E-state index >= 15 is 0 Å². The first-order chi connectivity index (χ1) is 9.08. The summed E-state index contributed by atoms with van der Waals surface area (Å²) in [7, 11) is 1.39. The Bertz CT molecular complexity index is 438. The van der Waals surface area contributed by atoms with Crippen molar-refractivity contribution in [3.05, 3.63) is 23.9 Å². The summed E-state index contributed by atoms with van der Waals surface area (Å²) in [6.07, 6.45) is 5.26. The number of carbonyl (C=O) groups excluding carboxylic acids is 1. The molecular formula is C15H22N2O2. The lowest BCUT2D eigenvalue weighted by molar-refractivity contribution is 0.0600. The first-order valence-electron chi connectivity index (χ1n) is 6.89. The van der Waals surface area contributed by atoms with E-state index in [2.05, 4.69) is 24.1 Å². The maximum atomic E-state index is 11.5. The zero-order valence-electron chi connectivity index (χ0n) is 11.8. The van der Waals surface area contributed by atoms with Crippen LogP contribution in [0.1, 0.15) is 43.5 Å². The van der Waals surface area contributed by atoms with Gasteiger partial charge in [-0.3, -0.25) is 0 Å². The lowest BCUT2D eigenvalue weighted by Gasteiger charge is -2.32. The molecule has 0 aliphatic heterocycles. The molecule has 1 aliphatic carbocycles. The Balaban J connectivity index is 2.04. The molecule has 0 amide bonds. The predicted octanol–water partition coefficient (Wildman–Crippen LogP) is 3.10. The zero-order chi connectivity index (χ0) is 13.8. The molecule has 0 spiro atoms. The molecule has 1 aromatic rings. The van der Waals surface area contributed by atoms with Crippen molar-refractivity contribution in [1.82, 2.24) is 4.98 Å². The second kappa shape index (κ2) is 6.04. The molecule has 2 atom stereocenters. The summed E-state index contributed by atoms with van der Waals surface area (Å²) in [6, 6.07) is 3.87. The van der Waals surface area contributed by atoms with Gasteiger partial charge in [0.2, 0.25) is 0 Å². The molecule has 0 aromatic carbocycles. The minimum Gasteiger partial charge on any atom is -0.465 e. The van der Waals surface area contributed by atoms with Gasteiger partial charge in [0.15, 0.2) is 0 Å². The second-order valence-electron chi connectivity index (χ2n) is 5.68. The van der Waals surface area contributed by atoms with E-state index in [0.717, 1.165) is 30.5 Å². The van der Waals surface area contributed by atoms with Crippen molar-refractivity contribution < 1.29 is 9.53 Å². The van der Waals surface area contributed by atoms with E-state index in [1.54, 1.807) is 18.3 Å². The van der Waals surface area contributed by atoms with E-state index in [0.29, 0.717) is 11.6 Å². The van der Waals surface area contributed by atoms with Crippen LogP contribution in [0.15, 0.2) is 18.3 Å². The smallest absolute Gasteiger partial charge is 0.338 e. The number of nitrogens with one attached hydrogen (secondary N) is 1. The first kappa shape index (κ1) is 13.8. The SMILES string of the molecule is COC(=O)c1ccnc(NC2CC(C)CC(C)C2)c1. The zero-order valence-corrected chi connectivity index (χ0v) is 11.8. The number of pyridine rings is 1. The van der Waals surface area contributed by atoms with E-state index in [9.17, 15) is 4.79 Å². The fraction of sp³-hybridized carbons (Fsp3) is 0.600. The van der Waals surface area contributed by atoms with Crippen molar-refractivity contribution in [3.8, 4) is 0 Å². The molecule has 1 aliphatic rings. The topological polar surface area (TPSA) is 51.2 Å². The van der Waals surface area contributed by atoms with Gasteiger partial charge in [0.05, 0.1) is 12.7 Å². The van der Waals surface area contributed by atoms with Gasteiger partial charge in [0.25, 0.3) is 0 Å². The number of esters is 1. The summed E-state index contributed by atoms with van der Waals surface area (Å²) in [5.41, 5.74) is 0.539. The van der Waals surface area contributed by atoms with Crippen LogP contribution in [0.25, 0.3) is 0 Å². The Morgan fingerprint density at radius 2 is 2.00 bits per heavy atom. The summed E-state index contributed by atoms with van der Waals surface area (Å²) < 4.78 is 4.72. The quantitative estimate of drug-likeness (QED) is 0.850. The average molecular weight is 262 g/mol. The molecular weight excluding hydrogens is 240 g/mol. The highest BCUT2D eigenvalue weighted by Gasteiger charge is 2.24. The number of anilines is 1. The molecule has 1 heterocycles. The Hall–Kier alpha value is -1.58. The van der Waals surface area contributed by atoms with Crippen LogP contribution in [0, 0.1) is 11.8 Å². The van der Waals surface area contributed by atoms with Crippen molar-refractivity contribution in [3.63, 3.8) is 0 Å². The third-order valence-corrected chi connectivity index (χ3v) is 3.71. The molecule has 0 saturated heterocycles. The van der Waals surface area contributed by atoms with Gasteiger partial charge >= 0.3 is 5.97 Å². The maximum Gasteiger partial charge on any atom is 0.338 e. The van der Waals surface area contributed by atoms with Crippen molar-refractivity contribution in [2.75, 3.05) is 12.4 Å². The highest BCUT2D eigenvalue weighted by molar-refractivity contribution is 5.89. The van der Waals surface area contributed by atoms with Crippen LogP contribution in [0.5, 0.6) is 0 Å². The number of rotatable bonds is 3. The number of carbonyl (C=O) groups is 1. The van der Waals surface area contributed by atoms with Gasteiger partial charge < -0.3 is 10.1 Å². The summed E-state index contributed by atoms with van der Waals surface area (Å²) in [6.45, 7) is 4.59. The molecule has 0 bridgehead atoms. The van der Waals surface area contributed by atoms with Crippen LogP contribution in [0.4, 0.5) is 5.82 Å². The van der Waals surface area contributed by atoms with E-state index in [1.165, 1.54) is 13.5 Å². The van der Waals surface area contributed by atoms with Crippen molar-refractivity contribution >= 4 is 11.8 Å². The average Bonchev–Trinajstić information content (AvgIpc) is 2.37. The molecule has 4 heteroatoms. The summed E-state index contributed by atoms with van der Waals surface area (Å²) in [4.78, 5) is 15.8. The van der Waals surface area contributed by atoms with Gasteiger partial charge in [-0.05, 0) is 43.2 Å². The molecule has 19 heavy (non-hydrogen) atoms. The normalized spacial score (nSPS) is 26.8. The van der Waals surface area contributed by atoms with E-state index in [4.69, 9.17) is 4.74 Å². The molecule has 1 N–H and O–H groups in total. The second-order valence-corrected chi connectivity index (χ2v) is 5.68. The molecule has 2 unspecified atom stereocenters. The Morgan fingerprint density at radius 1 is 1.32 bits per heavy atom. The lowest BCUT2D eigenvalue weighted by Crippen LogP contribution is -2.30. The van der Waals surface area contributed by atoms with Crippen LogP contribution >= 0.6 is 0 Å². The minimum atomic E-state index is -0.323. The number of hydrogen-bond donors (Lipinski definition) is 1. The lowest BCUT2D eigenvalue weighted by atomic mass is 9.80. The van der Waals surface area contributed by atoms with Gasteiger partial charge in [0, 0.05) is 12.2 Å². The molecule has 4 nitrogen and oxygen atoms in total. The van der Waals surface area contributed by atoms with Gasteiger partial charge in [0.1, 0.15) is 5.82 Å². The van der Waals surface area contributed by atoms with Crippen LogP contribution in [0.3, 0.4) is 0 Å². The third-order valence-electron chi connectivity index (χ3n) is 3.71. The number of nitrogens with zero attached hydrogens (tertiary/aromatic N) is 1. The van der Waals surface area contributed by atoms with Gasteiger partial charge in [-0.15, -0.1) is 0 Å². The molecule has 0 radical (unpaired) electrons. The van der Waals surface area contributed by atoms with Crippen molar-refractivity contribution in [2.24, 2.45) is 11.8 Å². The number of aromatic nitrogens is 1.